The van der Waals surface area contributed by atoms with Crippen LogP contribution in [0, 0.1) is 0 Å². The summed E-state index contributed by atoms with van der Waals surface area (Å²) < 4.78 is 4.99. The second kappa shape index (κ2) is 2.68. The van der Waals surface area contributed by atoms with Crippen LogP contribution in [0.25, 0.3) is 0 Å². The van der Waals surface area contributed by atoms with Gasteiger partial charge in [0.05, 0.1) is 12.7 Å². The number of ether oxygens (including phenoxy) is 1. The summed E-state index contributed by atoms with van der Waals surface area (Å²) in [5, 5.41) is 1.12. The Bertz CT molecular complexity index is 52.0. The first-order chi connectivity index (χ1) is 3.43. The summed E-state index contributed by atoms with van der Waals surface area (Å²) in [7, 11) is 0. The van der Waals surface area contributed by atoms with Crippen LogP contribution in [-0.2, 0) is 4.74 Å². The van der Waals surface area contributed by atoms with E-state index in [1.165, 1.54) is 12.8 Å². The highest BCUT2D eigenvalue weighted by Crippen LogP contribution is 2.15. The van der Waals surface area contributed by atoms with Crippen LogP contribution < -0.4 is 0 Å². The van der Waals surface area contributed by atoms with E-state index in [-0.39, 0.29) is 0 Å². The summed E-state index contributed by atoms with van der Waals surface area (Å²) in [4.78, 5) is 0. The van der Waals surface area contributed by atoms with E-state index < -0.39 is 0 Å². The van der Waals surface area contributed by atoms with E-state index in [1.54, 1.807) is 0 Å². The normalized spacial score (nSPS) is 27.9. The van der Waals surface area contributed by atoms with E-state index in [0.29, 0.717) is 6.10 Å². The molecule has 0 N–H and O–H groups in total. The van der Waals surface area contributed by atoms with Gasteiger partial charge in [0.15, 0.2) is 0 Å². The van der Waals surface area contributed by atoms with Gasteiger partial charge in [-0.15, -0.1) is 0 Å². The molecule has 0 amide bonds. The predicted molar refractivity (Wildman–Crippen MR) is 32.8 cm³/mol. The molecule has 1 aliphatic heterocycles. The van der Waals surface area contributed by atoms with E-state index in [2.05, 4.69) is 15.9 Å². The zero-order chi connectivity index (χ0) is 5.11. The summed E-state index contributed by atoms with van der Waals surface area (Å²) in [6.07, 6.45) is 3.12. The Balaban J connectivity index is 1.80. The van der Waals surface area contributed by atoms with Gasteiger partial charge >= 0.3 is 0 Å². The zero-order valence-corrected chi connectivity index (χ0v) is 5.78. The molecule has 1 aliphatic rings. The van der Waals surface area contributed by atoms with Crippen LogP contribution in [0.3, 0.4) is 0 Å². The molecule has 1 fully saturated rings. The topological polar surface area (TPSA) is 12.5 Å². The van der Waals surface area contributed by atoms with Crippen molar-refractivity contribution in [1.82, 2.24) is 0 Å². The predicted octanol–water partition coefficient (Wildman–Crippen LogP) is 1.56. The van der Waals surface area contributed by atoms with Crippen molar-refractivity contribution >= 4 is 15.9 Å². The number of halogens is 1. The van der Waals surface area contributed by atoms with Gasteiger partial charge in [-0.05, 0) is 12.8 Å². The quantitative estimate of drug-likeness (QED) is 0.456. The molecule has 1 saturated heterocycles. The lowest BCUT2D eigenvalue weighted by molar-refractivity contribution is 0.395. The molecule has 0 saturated carbocycles. The lowest BCUT2D eigenvalue weighted by Gasteiger charge is -1.85. The van der Waals surface area contributed by atoms with E-state index in [9.17, 15) is 0 Å². The van der Waals surface area contributed by atoms with Gasteiger partial charge in [0, 0.05) is 5.33 Å². The molecule has 0 bridgehead atoms. The Morgan fingerprint density at radius 2 is 2.43 bits per heavy atom. The monoisotopic (exact) mass is 164 g/mol. The Kier molecular flexibility index (Phi) is 2.13. The van der Waals surface area contributed by atoms with Crippen LogP contribution in [0.1, 0.15) is 12.8 Å². The molecule has 7 heavy (non-hydrogen) atoms. The van der Waals surface area contributed by atoms with Crippen molar-refractivity contribution in [1.29, 1.82) is 0 Å². The Hall–Kier alpha value is 0.440. The van der Waals surface area contributed by atoms with Crippen LogP contribution in [0.15, 0.2) is 0 Å². The lowest BCUT2D eigenvalue weighted by Crippen LogP contribution is -1.83. The van der Waals surface area contributed by atoms with E-state index in [1.807, 2.05) is 0 Å². The van der Waals surface area contributed by atoms with E-state index in [0.717, 1.165) is 11.9 Å². The largest absolute Gasteiger partial charge is 0.373 e. The maximum Gasteiger partial charge on any atom is 0.0810 e. The molecule has 0 aromatic heterocycles. The minimum absolute atomic E-state index is 0.623. The van der Waals surface area contributed by atoms with Gasteiger partial charge in [0.25, 0.3) is 0 Å². The highest BCUT2D eigenvalue weighted by molar-refractivity contribution is 9.09. The van der Waals surface area contributed by atoms with Gasteiger partial charge < -0.3 is 4.74 Å². The van der Waals surface area contributed by atoms with Crippen LogP contribution >= 0.6 is 15.9 Å². The molecule has 1 rings (SSSR count). The minimum Gasteiger partial charge on any atom is -0.373 e. The van der Waals surface area contributed by atoms with Gasteiger partial charge in [0.2, 0.25) is 0 Å². The van der Waals surface area contributed by atoms with E-state index in [4.69, 9.17) is 4.74 Å². The molecule has 0 aromatic rings. The third kappa shape index (κ3) is 2.29. The maximum absolute atomic E-state index is 4.99. The number of hydrogen-bond acceptors (Lipinski definition) is 1. The summed E-state index contributed by atoms with van der Waals surface area (Å²) >= 11 is 3.35. The molecule has 1 nitrogen and oxygen atoms in total. The Labute approximate surface area is 52.2 Å². The first kappa shape index (κ1) is 5.57. The fraction of sp³-hybridized carbons (Fsp3) is 1.00. The first-order valence-corrected chi connectivity index (χ1v) is 3.73. The smallest absolute Gasteiger partial charge is 0.0810 e. The SMILES string of the molecule is BrCCC[C@@H]1CO1. The van der Waals surface area contributed by atoms with Crippen molar-refractivity contribution in [2.24, 2.45) is 0 Å². The standard InChI is InChI=1S/C5H9BrO/c6-3-1-2-5-4-7-5/h5H,1-4H2/t5-/m1/s1. The minimum atomic E-state index is 0.623. The fourth-order valence-electron chi connectivity index (χ4n) is 0.540. The lowest BCUT2D eigenvalue weighted by atomic mass is 10.3. The summed E-state index contributed by atoms with van der Waals surface area (Å²) in [5.41, 5.74) is 0. The van der Waals surface area contributed by atoms with Crippen LogP contribution in [0.4, 0.5) is 0 Å². The van der Waals surface area contributed by atoms with Gasteiger partial charge in [-0.1, -0.05) is 15.9 Å². The average molecular weight is 165 g/mol. The van der Waals surface area contributed by atoms with Gasteiger partial charge in [-0.3, -0.25) is 0 Å². The summed E-state index contributed by atoms with van der Waals surface area (Å²) in [5.74, 6) is 0. The second-order valence-corrected chi connectivity index (χ2v) is 2.58. The van der Waals surface area contributed by atoms with Crippen molar-refractivity contribution in [2.75, 3.05) is 11.9 Å². The first-order valence-electron chi connectivity index (χ1n) is 2.61. The molecule has 2 heteroatoms. The average Bonchev–Trinajstić information content (AvgIpc) is 2.42. The maximum atomic E-state index is 4.99. The van der Waals surface area contributed by atoms with Crippen molar-refractivity contribution in [3.8, 4) is 0 Å². The molecule has 0 aromatic carbocycles. The third-order valence-corrected chi connectivity index (χ3v) is 1.62. The summed E-state index contributed by atoms with van der Waals surface area (Å²) in [6.45, 7) is 1.01. The Morgan fingerprint density at radius 3 is 2.86 bits per heavy atom. The second-order valence-electron chi connectivity index (χ2n) is 1.79. The molecule has 1 atom stereocenters. The number of hydrogen-bond donors (Lipinski definition) is 0. The fourth-order valence-corrected chi connectivity index (χ4v) is 0.863. The summed E-state index contributed by atoms with van der Waals surface area (Å²) in [6, 6.07) is 0. The molecular formula is C5H9BrO. The zero-order valence-electron chi connectivity index (χ0n) is 4.19. The molecule has 0 unspecified atom stereocenters. The number of rotatable bonds is 3. The van der Waals surface area contributed by atoms with Crippen molar-refractivity contribution < 1.29 is 4.74 Å². The number of alkyl halides is 1. The van der Waals surface area contributed by atoms with E-state index >= 15 is 0 Å². The van der Waals surface area contributed by atoms with Gasteiger partial charge in [-0.25, -0.2) is 0 Å². The van der Waals surface area contributed by atoms with Crippen molar-refractivity contribution in [2.45, 2.75) is 18.9 Å². The number of epoxide rings is 1. The van der Waals surface area contributed by atoms with Crippen molar-refractivity contribution in [3.05, 3.63) is 0 Å². The highest BCUT2D eigenvalue weighted by atomic mass is 79.9. The molecule has 0 spiro atoms. The van der Waals surface area contributed by atoms with Gasteiger partial charge in [0.1, 0.15) is 0 Å². The third-order valence-electron chi connectivity index (χ3n) is 1.06. The van der Waals surface area contributed by atoms with Gasteiger partial charge in [-0.2, -0.15) is 0 Å². The molecule has 0 aliphatic carbocycles. The molecule has 42 valence electrons. The van der Waals surface area contributed by atoms with Crippen LogP contribution in [0.2, 0.25) is 0 Å². The Morgan fingerprint density at radius 1 is 1.71 bits per heavy atom. The molecular weight excluding hydrogens is 156 g/mol. The molecule has 1 heterocycles. The van der Waals surface area contributed by atoms with Crippen LogP contribution in [0.5, 0.6) is 0 Å². The highest BCUT2D eigenvalue weighted by Gasteiger charge is 2.20. The van der Waals surface area contributed by atoms with Crippen LogP contribution in [-0.4, -0.2) is 18.0 Å². The molecule has 0 radical (unpaired) electrons. The van der Waals surface area contributed by atoms with Crippen molar-refractivity contribution in [3.63, 3.8) is 0 Å².